The molecule has 2 fully saturated rings. The summed E-state index contributed by atoms with van der Waals surface area (Å²) in [6.07, 6.45) is 1.25. The Morgan fingerprint density at radius 1 is 1.02 bits per heavy atom. The predicted molar refractivity (Wildman–Crippen MR) is 156 cm³/mol. The number of nitrogens with zero attached hydrogens (tertiary/aromatic N) is 2. The number of aliphatic carboxylic acids is 1. The van der Waals surface area contributed by atoms with Crippen LogP contribution in [0, 0.1) is 11.3 Å². The van der Waals surface area contributed by atoms with Crippen LogP contribution in [0.15, 0.2) is 48.5 Å². The van der Waals surface area contributed by atoms with E-state index in [4.69, 9.17) is 9.47 Å². The molecule has 8 nitrogen and oxygen atoms in total. The van der Waals surface area contributed by atoms with Gasteiger partial charge in [-0.25, -0.2) is 9.59 Å². The van der Waals surface area contributed by atoms with E-state index >= 15 is 0 Å². The SMILES string of the molecule is CC(C)(C)OC(=O)N1CCC[C@H]2C(N(CCCC(=O)O)C(=O)OCC3c4ccccc4-c4ccccc43)C(C)(C)[C@H]21. The number of amides is 2. The lowest BCUT2D eigenvalue weighted by atomic mass is 9.52. The van der Waals surface area contributed by atoms with Crippen LogP contribution >= 0.6 is 0 Å². The van der Waals surface area contributed by atoms with Gasteiger partial charge < -0.3 is 24.4 Å². The highest BCUT2D eigenvalue weighted by molar-refractivity contribution is 5.79. The van der Waals surface area contributed by atoms with Crippen LogP contribution in [0.3, 0.4) is 0 Å². The smallest absolute Gasteiger partial charge is 0.410 e. The first-order chi connectivity index (χ1) is 19.4. The number of benzene rings is 2. The molecule has 2 amide bonds. The maximum Gasteiger partial charge on any atom is 0.410 e. The molecule has 5 rings (SSSR count). The number of hydrogen-bond acceptors (Lipinski definition) is 5. The Kier molecular flexibility index (Phi) is 7.79. The maximum atomic E-state index is 13.9. The Labute approximate surface area is 242 Å². The quantitative estimate of drug-likeness (QED) is 0.412. The lowest BCUT2D eigenvalue weighted by molar-refractivity contribution is -0.154. The molecule has 1 saturated heterocycles. The third kappa shape index (κ3) is 5.53. The maximum absolute atomic E-state index is 13.9. The molecule has 2 aromatic carbocycles. The zero-order valence-electron chi connectivity index (χ0n) is 24.8. The first-order valence-electron chi connectivity index (χ1n) is 14.7. The van der Waals surface area contributed by atoms with E-state index < -0.39 is 23.1 Å². The van der Waals surface area contributed by atoms with Gasteiger partial charge in [0.25, 0.3) is 0 Å². The molecule has 220 valence electrons. The number of fused-ring (bicyclic) bond motifs is 4. The molecule has 0 bridgehead atoms. The minimum atomic E-state index is -0.892. The zero-order valence-corrected chi connectivity index (χ0v) is 24.8. The lowest BCUT2D eigenvalue weighted by Crippen LogP contribution is -2.76. The van der Waals surface area contributed by atoms with E-state index in [1.807, 2.05) is 49.9 Å². The number of hydrogen-bond donors (Lipinski definition) is 1. The number of carboxylic acid groups (broad SMARTS) is 1. The zero-order chi connectivity index (χ0) is 29.5. The van der Waals surface area contributed by atoms with Gasteiger partial charge >= 0.3 is 18.2 Å². The summed E-state index contributed by atoms with van der Waals surface area (Å²) in [6.45, 7) is 10.9. The number of piperidine rings is 1. The largest absolute Gasteiger partial charge is 0.481 e. The topological polar surface area (TPSA) is 96.4 Å². The summed E-state index contributed by atoms with van der Waals surface area (Å²) in [5.74, 6) is -0.889. The number of rotatable bonds is 7. The van der Waals surface area contributed by atoms with Gasteiger partial charge in [-0.15, -0.1) is 0 Å². The first kappa shape index (κ1) is 29.0. The Morgan fingerprint density at radius 2 is 1.63 bits per heavy atom. The summed E-state index contributed by atoms with van der Waals surface area (Å²) in [7, 11) is 0. The Hall–Kier alpha value is -3.55. The molecule has 2 aliphatic carbocycles. The molecule has 1 heterocycles. The van der Waals surface area contributed by atoms with E-state index in [-0.39, 0.29) is 49.6 Å². The molecule has 1 saturated carbocycles. The Balaban J connectivity index is 1.36. The normalized spacial score (nSPS) is 22.6. The number of ether oxygens (including phenoxy) is 2. The van der Waals surface area contributed by atoms with Crippen molar-refractivity contribution in [2.45, 2.75) is 83.9 Å². The highest BCUT2D eigenvalue weighted by Crippen LogP contribution is 2.55. The standard InChI is InChI=1S/C33H42N2O6/c1-32(2,3)41-31(39)35-18-10-16-25-28(33(4,5)29(25)35)34(19-11-17-27(36)37)30(38)40-20-26-23-14-8-6-12-21(23)22-13-7-9-15-24(22)26/h6-9,12-15,25-26,28-29H,10-11,16-20H2,1-5H3,(H,36,37)/t25-,28?,29-/m0/s1. The highest BCUT2D eigenvalue weighted by atomic mass is 16.6. The van der Waals surface area contributed by atoms with Crippen LogP contribution in [0.1, 0.15) is 77.3 Å². The van der Waals surface area contributed by atoms with Crippen LogP contribution in [0.25, 0.3) is 11.1 Å². The van der Waals surface area contributed by atoms with E-state index in [2.05, 4.69) is 38.1 Å². The van der Waals surface area contributed by atoms with Gasteiger partial charge in [0.15, 0.2) is 0 Å². The number of carboxylic acids is 1. The van der Waals surface area contributed by atoms with Crippen molar-refractivity contribution < 1.29 is 29.0 Å². The van der Waals surface area contributed by atoms with Crippen molar-refractivity contribution in [1.29, 1.82) is 0 Å². The summed E-state index contributed by atoms with van der Waals surface area (Å²) >= 11 is 0. The fourth-order valence-electron chi connectivity index (χ4n) is 7.50. The van der Waals surface area contributed by atoms with E-state index in [0.29, 0.717) is 13.0 Å². The minimum absolute atomic E-state index is 0.0293. The van der Waals surface area contributed by atoms with Crippen molar-refractivity contribution in [3.8, 4) is 11.1 Å². The molecule has 0 aromatic heterocycles. The van der Waals surface area contributed by atoms with Crippen LogP contribution in [0.2, 0.25) is 0 Å². The molecule has 2 aromatic rings. The van der Waals surface area contributed by atoms with Crippen LogP contribution in [-0.2, 0) is 14.3 Å². The summed E-state index contributed by atoms with van der Waals surface area (Å²) < 4.78 is 11.8. The Bertz CT molecular complexity index is 1270. The van der Waals surface area contributed by atoms with Crippen molar-refractivity contribution in [3.63, 3.8) is 0 Å². The molecule has 41 heavy (non-hydrogen) atoms. The molecular formula is C33H42N2O6. The Morgan fingerprint density at radius 3 is 2.22 bits per heavy atom. The van der Waals surface area contributed by atoms with Gasteiger partial charge in [0, 0.05) is 48.8 Å². The van der Waals surface area contributed by atoms with Gasteiger partial charge in [0.2, 0.25) is 0 Å². The molecule has 3 atom stereocenters. The second kappa shape index (κ2) is 11.0. The van der Waals surface area contributed by atoms with Crippen LogP contribution in [0.5, 0.6) is 0 Å². The molecular weight excluding hydrogens is 520 g/mol. The van der Waals surface area contributed by atoms with Gasteiger partial charge in [-0.1, -0.05) is 62.4 Å². The van der Waals surface area contributed by atoms with Gasteiger partial charge in [0.05, 0.1) is 0 Å². The molecule has 1 unspecified atom stereocenters. The van der Waals surface area contributed by atoms with Gasteiger partial charge in [-0.2, -0.15) is 0 Å². The van der Waals surface area contributed by atoms with E-state index in [0.717, 1.165) is 35.1 Å². The van der Waals surface area contributed by atoms with Crippen molar-refractivity contribution in [2.75, 3.05) is 19.7 Å². The first-order valence-corrected chi connectivity index (χ1v) is 14.7. The van der Waals surface area contributed by atoms with Crippen molar-refractivity contribution in [2.24, 2.45) is 11.3 Å². The van der Waals surface area contributed by atoms with E-state index in [9.17, 15) is 19.5 Å². The monoisotopic (exact) mass is 562 g/mol. The lowest BCUT2D eigenvalue weighted by Gasteiger charge is -2.65. The summed E-state index contributed by atoms with van der Waals surface area (Å²) in [5.41, 5.74) is 3.59. The molecule has 0 spiro atoms. The average molecular weight is 563 g/mol. The molecule has 1 aliphatic heterocycles. The van der Waals surface area contributed by atoms with Gasteiger partial charge in [0.1, 0.15) is 12.2 Å². The van der Waals surface area contributed by atoms with Gasteiger partial charge in [-0.3, -0.25) is 4.79 Å². The van der Waals surface area contributed by atoms with Crippen molar-refractivity contribution in [3.05, 3.63) is 59.7 Å². The third-order valence-corrected chi connectivity index (χ3v) is 8.93. The summed E-state index contributed by atoms with van der Waals surface area (Å²) in [5, 5.41) is 9.29. The van der Waals surface area contributed by atoms with Crippen molar-refractivity contribution in [1.82, 2.24) is 9.80 Å². The second-order valence-corrected chi connectivity index (χ2v) is 13.2. The molecule has 0 radical (unpaired) electrons. The van der Waals surface area contributed by atoms with Gasteiger partial charge in [-0.05, 0) is 62.3 Å². The average Bonchev–Trinajstić information content (AvgIpc) is 3.23. The third-order valence-electron chi connectivity index (χ3n) is 8.93. The summed E-state index contributed by atoms with van der Waals surface area (Å²) in [4.78, 5) is 41.9. The fourth-order valence-corrected chi connectivity index (χ4v) is 7.50. The van der Waals surface area contributed by atoms with Crippen molar-refractivity contribution >= 4 is 18.2 Å². The van der Waals surface area contributed by atoms with Crippen LogP contribution in [-0.4, -0.2) is 70.4 Å². The number of carbonyl (C=O) groups excluding carboxylic acids is 2. The molecule has 1 N–H and O–H groups in total. The molecule has 8 heteroatoms. The predicted octanol–water partition coefficient (Wildman–Crippen LogP) is 6.53. The van der Waals surface area contributed by atoms with Crippen LogP contribution < -0.4 is 0 Å². The summed E-state index contributed by atoms with van der Waals surface area (Å²) in [6, 6.07) is 16.2. The second-order valence-electron chi connectivity index (χ2n) is 13.2. The minimum Gasteiger partial charge on any atom is -0.481 e. The fraction of sp³-hybridized carbons (Fsp3) is 0.545. The highest BCUT2D eigenvalue weighted by Gasteiger charge is 2.63. The van der Waals surface area contributed by atoms with Crippen LogP contribution in [0.4, 0.5) is 9.59 Å². The molecule has 3 aliphatic rings. The number of carbonyl (C=O) groups is 3. The van der Waals surface area contributed by atoms with E-state index in [1.165, 1.54) is 0 Å². The number of likely N-dealkylation sites (tertiary alicyclic amines) is 1. The van der Waals surface area contributed by atoms with E-state index in [1.54, 1.807) is 4.90 Å².